The number of alkyl halides is 1. The largest absolute Gasteiger partial charge is 0.393 e. The molecule has 0 aliphatic heterocycles. The standard InChI is InChI=1S/C12H21FN6O2S/c1-2-3-22-12-17-10(15)8(14)11(18-12)19(16)5-4-6(20)9(21)7(5)13/h5-7,9,20-21H,2-4,14,16H2,1H3,(H2,15,17,18)/t5?,6-,7?,9?/m0/s1. The van der Waals surface area contributed by atoms with Crippen LogP contribution in [0.3, 0.4) is 0 Å². The number of nitrogens with zero attached hydrogens (tertiary/aromatic N) is 3. The molecule has 1 aliphatic rings. The maximum atomic E-state index is 14.1. The maximum Gasteiger partial charge on any atom is 0.191 e. The van der Waals surface area contributed by atoms with E-state index in [1.165, 1.54) is 11.8 Å². The zero-order valence-electron chi connectivity index (χ0n) is 12.2. The van der Waals surface area contributed by atoms with Crippen LogP contribution in [0.2, 0.25) is 0 Å². The molecular formula is C12H21FN6O2S. The molecule has 1 fully saturated rings. The van der Waals surface area contributed by atoms with Crippen LogP contribution in [0.4, 0.5) is 21.7 Å². The quantitative estimate of drug-likeness (QED) is 0.211. The summed E-state index contributed by atoms with van der Waals surface area (Å²) in [7, 11) is 0. The molecular weight excluding hydrogens is 311 g/mol. The summed E-state index contributed by atoms with van der Waals surface area (Å²) >= 11 is 1.39. The van der Waals surface area contributed by atoms with E-state index in [1.807, 2.05) is 6.92 Å². The van der Waals surface area contributed by atoms with E-state index < -0.39 is 24.4 Å². The minimum Gasteiger partial charge on any atom is -0.393 e. The van der Waals surface area contributed by atoms with Gasteiger partial charge >= 0.3 is 0 Å². The number of hydrazine groups is 1. The number of rotatable bonds is 5. The van der Waals surface area contributed by atoms with E-state index in [9.17, 15) is 14.6 Å². The maximum absolute atomic E-state index is 14.1. The molecule has 1 aromatic heterocycles. The van der Waals surface area contributed by atoms with Crippen molar-refractivity contribution in [3.05, 3.63) is 0 Å². The minimum absolute atomic E-state index is 0.0282. The predicted molar refractivity (Wildman–Crippen MR) is 83.9 cm³/mol. The zero-order valence-corrected chi connectivity index (χ0v) is 13.0. The summed E-state index contributed by atoms with van der Waals surface area (Å²) in [4.78, 5) is 8.28. The lowest BCUT2D eigenvalue weighted by molar-refractivity contribution is 0.00939. The minimum atomic E-state index is -1.71. The van der Waals surface area contributed by atoms with E-state index in [4.69, 9.17) is 17.3 Å². The molecule has 0 radical (unpaired) electrons. The summed E-state index contributed by atoms with van der Waals surface area (Å²) < 4.78 is 14.1. The number of thioether (sulfide) groups is 1. The smallest absolute Gasteiger partial charge is 0.191 e. The van der Waals surface area contributed by atoms with Crippen LogP contribution in [0.5, 0.6) is 0 Å². The molecule has 1 saturated carbocycles. The van der Waals surface area contributed by atoms with Crippen LogP contribution in [-0.4, -0.2) is 50.4 Å². The Morgan fingerprint density at radius 2 is 2.05 bits per heavy atom. The average Bonchev–Trinajstić information content (AvgIpc) is 2.75. The third-order valence-electron chi connectivity index (χ3n) is 3.54. The second-order valence-corrected chi connectivity index (χ2v) is 6.25. The Kier molecular flexibility index (Phi) is 5.27. The van der Waals surface area contributed by atoms with Crippen molar-refractivity contribution in [3.8, 4) is 0 Å². The SMILES string of the molecule is CCCSc1nc(N)c(N)c(N(N)C2C[C@H](O)C(O)C2F)n1. The molecule has 2 rings (SSSR count). The van der Waals surface area contributed by atoms with Crippen molar-refractivity contribution in [3.63, 3.8) is 0 Å². The second kappa shape index (κ2) is 6.82. The van der Waals surface area contributed by atoms with Gasteiger partial charge in [-0.05, 0) is 6.42 Å². The van der Waals surface area contributed by atoms with E-state index >= 15 is 0 Å². The topological polar surface area (TPSA) is 148 Å². The fourth-order valence-corrected chi connectivity index (χ4v) is 2.99. The molecule has 4 atom stereocenters. The highest BCUT2D eigenvalue weighted by Crippen LogP contribution is 2.33. The molecule has 0 amide bonds. The second-order valence-electron chi connectivity index (χ2n) is 5.19. The fourth-order valence-electron chi connectivity index (χ4n) is 2.29. The first-order chi connectivity index (χ1) is 10.4. The van der Waals surface area contributed by atoms with E-state index in [0.717, 1.165) is 17.2 Å². The third kappa shape index (κ3) is 3.19. The first-order valence-corrected chi connectivity index (χ1v) is 7.95. The number of aliphatic hydroxyl groups excluding tert-OH is 2. The highest BCUT2D eigenvalue weighted by atomic mass is 32.2. The highest BCUT2D eigenvalue weighted by molar-refractivity contribution is 7.99. The molecule has 0 spiro atoms. The summed E-state index contributed by atoms with van der Waals surface area (Å²) in [5, 5.41) is 20.5. The lowest BCUT2D eigenvalue weighted by Crippen LogP contribution is -2.47. The molecule has 0 aromatic carbocycles. The molecule has 124 valence electrons. The predicted octanol–water partition coefficient (Wildman–Crippen LogP) is -0.345. The molecule has 10 heteroatoms. The van der Waals surface area contributed by atoms with Gasteiger partial charge in [0, 0.05) is 12.2 Å². The Labute approximate surface area is 131 Å². The number of hydrogen-bond acceptors (Lipinski definition) is 9. The first-order valence-electron chi connectivity index (χ1n) is 6.96. The summed E-state index contributed by atoms with van der Waals surface area (Å²) in [5.74, 6) is 6.87. The summed E-state index contributed by atoms with van der Waals surface area (Å²) in [6, 6.07) is -0.939. The summed E-state index contributed by atoms with van der Waals surface area (Å²) in [5.41, 5.74) is 11.6. The molecule has 8 N–H and O–H groups in total. The van der Waals surface area contributed by atoms with Crippen molar-refractivity contribution in [1.82, 2.24) is 9.97 Å². The van der Waals surface area contributed by atoms with Crippen molar-refractivity contribution < 1.29 is 14.6 Å². The van der Waals surface area contributed by atoms with Crippen LogP contribution in [0.15, 0.2) is 5.16 Å². The molecule has 1 heterocycles. The van der Waals surface area contributed by atoms with Crippen LogP contribution in [0.1, 0.15) is 19.8 Å². The monoisotopic (exact) mass is 332 g/mol. The number of halogens is 1. The van der Waals surface area contributed by atoms with Gasteiger partial charge in [0.25, 0.3) is 0 Å². The Morgan fingerprint density at radius 1 is 1.36 bits per heavy atom. The van der Waals surface area contributed by atoms with Crippen LogP contribution >= 0.6 is 11.8 Å². The first kappa shape index (κ1) is 17.0. The van der Waals surface area contributed by atoms with E-state index in [1.54, 1.807) is 0 Å². The number of anilines is 3. The van der Waals surface area contributed by atoms with E-state index in [0.29, 0.717) is 5.16 Å². The van der Waals surface area contributed by atoms with Crippen molar-refractivity contribution in [1.29, 1.82) is 0 Å². The zero-order chi connectivity index (χ0) is 16.4. The Hall–Kier alpha value is -1.36. The van der Waals surface area contributed by atoms with Gasteiger partial charge in [-0.25, -0.2) is 20.2 Å². The van der Waals surface area contributed by atoms with Gasteiger partial charge in [-0.2, -0.15) is 0 Å². The average molecular weight is 332 g/mol. The van der Waals surface area contributed by atoms with Gasteiger partial charge in [0.05, 0.1) is 12.1 Å². The molecule has 22 heavy (non-hydrogen) atoms. The lowest BCUT2D eigenvalue weighted by atomic mass is 10.2. The van der Waals surface area contributed by atoms with Crippen molar-refractivity contribution >= 4 is 29.1 Å². The number of nitrogens with two attached hydrogens (primary N) is 3. The van der Waals surface area contributed by atoms with Crippen LogP contribution in [-0.2, 0) is 0 Å². The Balaban J connectivity index is 2.28. The number of hydrogen-bond donors (Lipinski definition) is 5. The highest BCUT2D eigenvalue weighted by Gasteiger charge is 2.45. The number of aromatic nitrogens is 2. The Bertz CT molecular complexity index is 537. The molecule has 1 aliphatic carbocycles. The molecule has 0 bridgehead atoms. The third-order valence-corrected chi connectivity index (χ3v) is 4.60. The normalized spacial score (nSPS) is 28.0. The van der Waals surface area contributed by atoms with Gasteiger partial charge in [-0.15, -0.1) is 0 Å². The summed E-state index contributed by atoms with van der Waals surface area (Å²) in [6.45, 7) is 2.01. The molecule has 0 saturated heterocycles. The van der Waals surface area contributed by atoms with Gasteiger partial charge in [0.15, 0.2) is 23.0 Å². The van der Waals surface area contributed by atoms with Crippen molar-refractivity contribution in [2.24, 2.45) is 5.84 Å². The van der Waals surface area contributed by atoms with Crippen LogP contribution in [0.25, 0.3) is 0 Å². The number of nitrogen functional groups attached to an aromatic ring is 2. The summed E-state index contributed by atoms with van der Waals surface area (Å²) in [6.07, 6.45) is -3.47. The van der Waals surface area contributed by atoms with Gasteiger partial charge < -0.3 is 21.7 Å². The van der Waals surface area contributed by atoms with Crippen molar-refractivity contribution in [2.75, 3.05) is 22.2 Å². The van der Waals surface area contributed by atoms with Gasteiger partial charge in [0.1, 0.15) is 11.8 Å². The van der Waals surface area contributed by atoms with E-state index in [-0.39, 0.29) is 23.7 Å². The van der Waals surface area contributed by atoms with E-state index in [2.05, 4.69) is 9.97 Å². The number of aliphatic hydroxyl groups is 2. The lowest BCUT2D eigenvalue weighted by Gasteiger charge is -2.27. The van der Waals surface area contributed by atoms with Crippen LogP contribution < -0.4 is 22.3 Å². The van der Waals surface area contributed by atoms with Crippen LogP contribution in [0, 0.1) is 0 Å². The fraction of sp³-hybridized carbons (Fsp3) is 0.667. The molecule has 3 unspecified atom stereocenters. The Morgan fingerprint density at radius 3 is 2.59 bits per heavy atom. The molecule has 1 aromatic rings. The van der Waals surface area contributed by atoms with Crippen molar-refractivity contribution in [2.45, 2.75) is 49.3 Å². The van der Waals surface area contributed by atoms with Gasteiger partial charge in [-0.1, -0.05) is 18.7 Å². The molecule has 8 nitrogen and oxygen atoms in total. The van der Waals surface area contributed by atoms with Gasteiger partial charge in [-0.3, -0.25) is 5.01 Å². The van der Waals surface area contributed by atoms with Gasteiger partial charge in [0.2, 0.25) is 0 Å².